The van der Waals surface area contributed by atoms with E-state index >= 15 is 0 Å². The smallest absolute Gasteiger partial charge is 0.264 e. The van der Waals surface area contributed by atoms with Crippen molar-refractivity contribution in [2.24, 2.45) is 0 Å². The number of nitrogens with one attached hydrogen (secondary N) is 1. The fourth-order valence-electron chi connectivity index (χ4n) is 2.53. The van der Waals surface area contributed by atoms with Crippen molar-refractivity contribution < 1.29 is 13.2 Å². The molecule has 28 heavy (non-hydrogen) atoms. The van der Waals surface area contributed by atoms with Gasteiger partial charge in [0.25, 0.3) is 15.9 Å². The molecule has 0 aliphatic rings. The zero-order chi connectivity index (χ0) is 20.3. The lowest BCUT2D eigenvalue weighted by atomic mass is 10.2. The van der Waals surface area contributed by atoms with Crippen molar-refractivity contribution in [3.63, 3.8) is 0 Å². The van der Waals surface area contributed by atoms with Gasteiger partial charge in [-0.3, -0.25) is 9.10 Å². The summed E-state index contributed by atoms with van der Waals surface area (Å²) in [6, 6.07) is 19.8. The molecule has 8 heteroatoms. The van der Waals surface area contributed by atoms with Crippen LogP contribution in [0.2, 0.25) is 5.02 Å². The predicted molar refractivity (Wildman–Crippen MR) is 116 cm³/mol. The van der Waals surface area contributed by atoms with E-state index in [0.717, 1.165) is 4.31 Å². The number of carbonyl (C=O) groups excluding carboxylic acids is 1. The molecule has 0 aliphatic carbocycles. The van der Waals surface area contributed by atoms with Crippen LogP contribution in [0.5, 0.6) is 0 Å². The number of rotatable bonds is 5. The molecule has 0 aromatic heterocycles. The third kappa shape index (κ3) is 4.22. The summed E-state index contributed by atoms with van der Waals surface area (Å²) >= 11 is 9.52. The second kappa shape index (κ2) is 8.34. The zero-order valence-corrected chi connectivity index (χ0v) is 17.9. The van der Waals surface area contributed by atoms with Gasteiger partial charge in [0.2, 0.25) is 0 Å². The molecule has 3 rings (SSSR count). The Labute approximate surface area is 177 Å². The highest BCUT2D eigenvalue weighted by Gasteiger charge is 2.24. The average molecular weight is 480 g/mol. The molecular weight excluding hydrogens is 464 g/mol. The molecule has 0 bridgehead atoms. The van der Waals surface area contributed by atoms with Crippen LogP contribution in [-0.4, -0.2) is 21.4 Å². The molecule has 0 heterocycles. The van der Waals surface area contributed by atoms with E-state index in [1.165, 1.54) is 25.2 Å². The van der Waals surface area contributed by atoms with Gasteiger partial charge in [0.05, 0.1) is 26.9 Å². The second-order valence-electron chi connectivity index (χ2n) is 5.88. The third-order valence-corrected chi connectivity index (χ3v) is 6.89. The number of para-hydroxylation sites is 2. The van der Waals surface area contributed by atoms with E-state index in [1.54, 1.807) is 48.5 Å². The highest BCUT2D eigenvalue weighted by Crippen LogP contribution is 2.27. The SMILES string of the molecule is CN(c1ccccc1)S(=O)(=O)c1ccc(Cl)c(C(=O)Nc2ccccc2Br)c1. The van der Waals surface area contributed by atoms with Crippen molar-refractivity contribution in [3.8, 4) is 0 Å². The van der Waals surface area contributed by atoms with E-state index in [0.29, 0.717) is 15.8 Å². The van der Waals surface area contributed by atoms with Gasteiger partial charge >= 0.3 is 0 Å². The first-order chi connectivity index (χ1) is 13.3. The molecule has 0 radical (unpaired) electrons. The molecular formula is C20H16BrClN2O3S. The molecule has 5 nitrogen and oxygen atoms in total. The number of hydrogen-bond donors (Lipinski definition) is 1. The van der Waals surface area contributed by atoms with Gasteiger partial charge in [-0.05, 0) is 58.4 Å². The summed E-state index contributed by atoms with van der Waals surface area (Å²) in [6.07, 6.45) is 0. The maximum absolute atomic E-state index is 13.0. The van der Waals surface area contributed by atoms with Gasteiger partial charge in [0.1, 0.15) is 0 Å². The van der Waals surface area contributed by atoms with Crippen molar-refractivity contribution in [1.29, 1.82) is 0 Å². The lowest BCUT2D eigenvalue weighted by Crippen LogP contribution is -2.27. The fraction of sp³-hybridized carbons (Fsp3) is 0.0500. The van der Waals surface area contributed by atoms with Crippen LogP contribution in [0.1, 0.15) is 10.4 Å². The Morgan fingerprint density at radius 3 is 2.32 bits per heavy atom. The number of anilines is 2. The molecule has 0 spiro atoms. The second-order valence-corrected chi connectivity index (χ2v) is 9.11. The molecule has 1 N–H and O–H groups in total. The molecule has 3 aromatic carbocycles. The largest absolute Gasteiger partial charge is 0.321 e. The summed E-state index contributed by atoms with van der Waals surface area (Å²) in [5, 5.41) is 2.89. The van der Waals surface area contributed by atoms with E-state index in [1.807, 2.05) is 6.07 Å². The zero-order valence-electron chi connectivity index (χ0n) is 14.8. The van der Waals surface area contributed by atoms with Crippen LogP contribution in [0, 0.1) is 0 Å². The van der Waals surface area contributed by atoms with Crippen LogP contribution in [0.4, 0.5) is 11.4 Å². The summed E-state index contributed by atoms with van der Waals surface area (Å²) in [7, 11) is -2.40. The van der Waals surface area contributed by atoms with Gasteiger partial charge in [0.15, 0.2) is 0 Å². The van der Waals surface area contributed by atoms with Crippen LogP contribution >= 0.6 is 27.5 Å². The quantitative estimate of drug-likeness (QED) is 0.548. The predicted octanol–water partition coefficient (Wildman–Crippen LogP) is 5.18. The van der Waals surface area contributed by atoms with E-state index in [4.69, 9.17) is 11.6 Å². The minimum atomic E-state index is -3.86. The number of halogens is 2. The average Bonchev–Trinajstić information content (AvgIpc) is 2.70. The number of carbonyl (C=O) groups is 1. The van der Waals surface area contributed by atoms with E-state index in [2.05, 4.69) is 21.2 Å². The van der Waals surface area contributed by atoms with Gasteiger partial charge in [0, 0.05) is 11.5 Å². The number of sulfonamides is 1. The molecule has 3 aromatic rings. The molecule has 1 amide bonds. The number of nitrogens with zero attached hydrogens (tertiary/aromatic N) is 1. The topological polar surface area (TPSA) is 66.5 Å². The van der Waals surface area contributed by atoms with Gasteiger partial charge < -0.3 is 5.32 Å². The van der Waals surface area contributed by atoms with E-state index in [9.17, 15) is 13.2 Å². The number of amides is 1. The van der Waals surface area contributed by atoms with Crippen LogP contribution in [-0.2, 0) is 10.0 Å². The van der Waals surface area contributed by atoms with Crippen molar-refractivity contribution in [2.45, 2.75) is 4.90 Å². The highest BCUT2D eigenvalue weighted by atomic mass is 79.9. The lowest BCUT2D eigenvalue weighted by Gasteiger charge is -2.20. The van der Waals surface area contributed by atoms with Crippen LogP contribution in [0.3, 0.4) is 0 Å². The summed E-state index contributed by atoms with van der Waals surface area (Å²) < 4.78 is 27.8. The Hall–Kier alpha value is -2.35. The maximum Gasteiger partial charge on any atom is 0.264 e. The van der Waals surface area contributed by atoms with Crippen LogP contribution < -0.4 is 9.62 Å². The molecule has 0 unspecified atom stereocenters. The standard InChI is InChI=1S/C20H16BrClN2O3S/c1-24(14-7-3-2-4-8-14)28(26,27)15-11-12-18(22)16(13-15)20(25)23-19-10-6-5-9-17(19)21/h2-13H,1H3,(H,23,25). The van der Waals surface area contributed by atoms with Crippen LogP contribution in [0.15, 0.2) is 82.2 Å². The molecule has 0 atom stereocenters. The van der Waals surface area contributed by atoms with Gasteiger partial charge in [-0.2, -0.15) is 0 Å². The Morgan fingerprint density at radius 1 is 1.00 bits per heavy atom. The molecule has 144 valence electrons. The van der Waals surface area contributed by atoms with Gasteiger partial charge in [-0.25, -0.2) is 8.42 Å². The summed E-state index contributed by atoms with van der Waals surface area (Å²) in [5.41, 5.74) is 1.13. The van der Waals surface area contributed by atoms with Crippen molar-refractivity contribution in [1.82, 2.24) is 0 Å². The van der Waals surface area contributed by atoms with Crippen molar-refractivity contribution >= 4 is 54.8 Å². The lowest BCUT2D eigenvalue weighted by molar-refractivity contribution is 0.102. The normalized spacial score (nSPS) is 11.1. The van der Waals surface area contributed by atoms with Crippen molar-refractivity contribution in [2.75, 3.05) is 16.7 Å². The Balaban J connectivity index is 1.95. The molecule has 0 saturated carbocycles. The van der Waals surface area contributed by atoms with Gasteiger partial charge in [-0.1, -0.05) is 41.9 Å². The van der Waals surface area contributed by atoms with Gasteiger partial charge in [-0.15, -0.1) is 0 Å². The summed E-state index contributed by atoms with van der Waals surface area (Å²) in [5.74, 6) is -0.503. The first-order valence-corrected chi connectivity index (χ1v) is 10.8. The monoisotopic (exact) mass is 478 g/mol. The maximum atomic E-state index is 13.0. The van der Waals surface area contributed by atoms with E-state index < -0.39 is 15.9 Å². The highest BCUT2D eigenvalue weighted by molar-refractivity contribution is 9.10. The minimum Gasteiger partial charge on any atom is -0.321 e. The summed E-state index contributed by atoms with van der Waals surface area (Å²) in [6.45, 7) is 0. The Morgan fingerprint density at radius 2 is 1.64 bits per heavy atom. The van der Waals surface area contributed by atoms with Crippen LogP contribution in [0.25, 0.3) is 0 Å². The summed E-state index contributed by atoms with van der Waals surface area (Å²) in [4.78, 5) is 12.7. The Kier molecular flexibility index (Phi) is 6.07. The minimum absolute atomic E-state index is 0.0273. The van der Waals surface area contributed by atoms with E-state index in [-0.39, 0.29) is 15.5 Å². The third-order valence-electron chi connectivity index (χ3n) is 4.08. The first kappa shape index (κ1) is 20.4. The molecule has 0 aliphatic heterocycles. The molecule has 0 saturated heterocycles. The molecule has 0 fully saturated rings. The fourth-order valence-corrected chi connectivity index (χ4v) is 4.34. The number of hydrogen-bond acceptors (Lipinski definition) is 3. The Bertz CT molecular complexity index is 1120. The first-order valence-electron chi connectivity index (χ1n) is 8.20. The van der Waals surface area contributed by atoms with Crippen molar-refractivity contribution in [3.05, 3.63) is 87.9 Å². The number of benzene rings is 3.